The van der Waals surface area contributed by atoms with Crippen LogP contribution in [0, 0.1) is 0 Å². The van der Waals surface area contributed by atoms with E-state index in [2.05, 4.69) is 4.57 Å². The maximum Gasteiger partial charge on any atom is 0.333 e. The Hall–Kier alpha value is -2.83. The van der Waals surface area contributed by atoms with E-state index in [9.17, 15) is 14.7 Å². The molecule has 0 amide bonds. The van der Waals surface area contributed by atoms with Gasteiger partial charge in [0.05, 0.1) is 6.54 Å². The standard InChI is InChI=1S/C17H18N4O3/c1-18-15(22)14(16(23)19(2)17(18)24)21-12-8-4-3-7-11(12)20-10-6-5-9-13(20)21/h3-4,7-8H,5-6,9-10H2,1-2H3/p+1. The average molecular weight is 327 g/mol. The van der Waals surface area contributed by atoms with E-state index in [4.69, 9.17) is 0 Å². The molecule has 0 saturated carbocycles. The zero-order valence-electron chi connectivity index (χ0n) is 13.7. The van der Waals surface area contributed by atoms with Crippen molar-refractivity contribution in [1.82, 2.24) is 13.7 Å². The minimum atomic E-state index is -0.542. The van der Waals surface area contributed by atoms with Crippen LogP contribution in [0.2, 0.25) is 0 Å². The zero-order chi connectivity index (χ0) is 17.0. The third-order valence-electron chi connectivity index (χ3n) is 4.85. The molecule has 1 aliphatic heterocycles. The molecule has 1 aromatic carbocycles. The monoisotopic (exact) mass is 327 g/mol. The van der Waals surface area contributed by atoms with Gasteiger partial charge in [0.2, 0.25) is 5.88 Å². The fourth-order valence-electron chi connectivity index (χ4n) is 3.59. The second-order valence-corrected chi connectivity index (χ2v) is 6.23. The Morgan fingerprint density at radius 2 is 1.83 bits per heavy atom. The van der Waals surface area contributed by atoms with E-state index in [-0.39, 0.29) is 11.6 Å². The summed E-state index contributed by atoms with van der Waals surface area (Å²) in [6.07, 6.45) is 2.94. The van der Waals surface area contributed by atoms with Crippen LogP contribution >= 0.6 is 0 Å². The smallest absolute Gasteiger partial charge is 0.333 e. The van der Waals surface area contributed by atoms with Crippen LogP contribution in [0.5, 0.6) is 5.88 Å². The topological polar surface area (TPSA) is 73.0 Å². The summed E-state index contributed by atoms with van der Waals surface area (Å²) < 4.78 is 6.14. The number of imidazole rings is 1. The van der Waals surface area contributed by atoms with Gasteiger partial charge in [-0.2, -0.15) is 4.57 Å². The molecule has 0 spiro atoms. The van der Waals surface area contributed by atoms with Gasteiger partial charge in [0.1, 0.15) is 0 Å². The highest BCUT2D eigenvalue weighted by Gasteiger charge is 2.32. The molecule has 3 aromatic rings. The van der Waals surface area contributed by atoms with Gasteiger partial charge in [-0.3, -0.25) is 13.9 Å². The first-order valence-corrected chi connectivity index (χ1v) is 8.04. The minimum Gasteiger partial charge on any atom is -0.491 e. The van der Waals surface area contributed by atoms with Gasteiger partial charge in [-0.1, -0.05) is 12.1 Å². The molecule has 0 fully saturated rings. The number of hydrogen-bond donors (Lipinski definition) is 1. The van der Waals surface area contributed by atoms with Crippen LogP contribution in [0.1, 0.15) is 18.7 Å². The summed E-state index contributed by atoms with van der Waals surface area (Å²) in [5.41, 5.74) is 0.985. The van der Waals surface area contributed by atoms with Gasteiger partial charge in [-0.25, -0.2) is 9.36 Å². The number of aryl methyl sites for hydroxylation is 1. The number of para-hydroxylation sites is 2. The molecule has 7 heteroatoms. The zero-order valence-corrected chi connectivity index (χ0v) is 13.7. The first-order chi connectivity index (χ1) is 11.5. The number of rotatable bonds is 1. The van der Waals surface area contributed by atoms with Gasteiger partial charge in [0.15, 0.2) is 11.0 Å². The van der Waals surface area contributed by atoms with Crippen LogP contribution < -0.4 is 15.8 Å². The SMILES string of the molecule is Cn1c(O)c(-n2c3[n+](c4ccccc42)CCCC3)c(=O)n(C)c1=O. The lowest BCUT2D eigenvalue weighted by Crippen LogP contribution is -2.42. The van der Waals surface area contributed by atoms with Gasteiger partial charge >= 0.3 is 11.2 Å². The Balaban J connectivity index is 2.21. The summed E-state index contributed by atoms with van der Waals surface area (Å²) in [6.45, 7) is 0.885. The largest absolute Gasteiger partial charge is 0.491 e. The highest BCUT2D eigenvalue weighted by atomic mass is 16.3. The quantitative estimate of drug-likeness (QED) is 0.656. The predicted octanol–water partition coefficient (Wildman–Crippen LogP) is 0.357. The number of fused-ring (bicyclic) bond motifs is 3. The van der Waals surface area contributed by atoms with Crippen molar-refractivity contribution in [2.45, 2.75) is 25.8 Å². The summed E-state index contributed by atoms with van der Waals surface area (Å²) in [6, 6.07) is 7.83. The molecule has 0 radical (unpaired) electrons. The van der Waals surface area contributed by atoms with Crippen molar-refractivity contribution in [2.24, 2.45) is 14.1 Å². The van der Waals surface area contributed by atoms with Crippen LogP contribution in [0.4, 0.5) is 0 Å². The lowest BCUT2D eigenvalue weighted by atomic mass is 10.1. The van der Waals surface area contributed by atoms with E-state index in [1.807, 2.05) is 28.8 Å². The molecule has 0 atom stereocenters. The highest BCUT2D eigenvalue weighted by Crippen LogP contribution is 2.25. The van der Waals surface area contributed by atoms with Gasteiger partial charge in [0, 0.05) is 20.5 Å². The Morgan fingerprint density at radius 1 is 1.08 bits per heavy atom. The van der Waals surface area contributed by atoms with E-state index in [0.717, 1.165) is 51.8 Å². The molecule has 1 aliphatic rings. The normalized spacial score (nSPS) is 14.1. The number of aromatic nitrogens is 4. The predicted molar refractivity (Wildman–Crippen MR) is 88.6 cm³/mol. The summed E-state index contributed by atoms with van der Waals surface area (Å²) in [4.78, 5) is 24.8. The van der Waals surface area contributed by atoms with E-state index in [1.165, 1.54) is 14.1 Å². The molecule has 3 heterocycles. The number of benzene rings is 1. The van der Waals surface area contributed by atoms with Crippen LogP contribution in [0.15, 0.2) is 33.9 Å². The van der Waals surface area contributed by atoms with Crippen LogP contribution in [-0.2, 0) is 27.1 Å². The Morgan fingerprint density at radius 3 is 2.62 bits per heavy atom. The average Bonchev–Trinajstić information content (AvgIpc) is 2.94. The van der Waals surface area contributed by atoms with Crippen molar-refractivity contribution in [2.75, 3.05) is 0 Å². The van der Waals surface area contributed by atoms with Crippen molar-refractivity contribution < 1.29 is 9.67 Å². The van der Waals surface area contributed by atoms with Crippen LogP contribution in [0.3, 0.4) is 0 Å². The number of hydrogen-bond acceptors (Lipinski definition) is 3. The lowest BCUT2D eigenvalue weighted by Gasteiger charge is -2.12. The van der Waals surface area contributed by atoms with Crippen molar-refractivity contribution >= 4 is 11.0 Å². The summed E-state index contributed by atoms with van der Waals surface area (Å²) in [5, 5.41) is 10.5. The van der Waals surface area contributed by atoms with Gasteiger partial charge < -0.3 is 5.11 Å². The molecule has 4 rings (SSSR count). The minimum absolute atomic E-state index is 0.131. The van der Waals surface area contributed by atoms with Crippen molar-refractivity contribution in [3.8, 4) is 11.6 Å². The molecule has 124 valence electrons. The van der Waals surface area contributed by atoms with Crippen molar-refractivity contribution in [3.63, 3.8) is 0 Å². The molecule has 24 heavy (non-hydrogen) atoms. The van der Waals surface area contributed by atoms with Gasteiger partial charge in [0.25, 0.3) is 11.5 Å². The maximum atomic E-state index is 12.8. The first kappa shape index (κ1) is 14.7. The Kier molecular flexibility index (Phi) is 3.13. The second-order valence-electron chi connectivity index (χ2n) is 6.23. The van der Waals surface area contributed by atoms with E-state index < -0.39 is 11.2 Å². The van der Waals surface area contributed by atoms with E-state index in [1.54, 1.807) is 0 Å². The van der Waals surface area contributed by atoms with Crippen LogP contribution in [-0.4, -0.2) is 18.8 Å². The molecule has 2 aromatic heterocycles. The van der Waals surface area contributed by atoms with Crippen molar-refractivity contribution in [3.05, 3.63) is 50.9 Å². The third kappa shape index (κ3) is 1.81. The second kappa shape index (κ2) is 5.09. The van der Waals surface area contributed by atoms with E-state index in [0.29, 0.717) is 0 Å². The fraction of sp³-hybridized carbons (Fsp3) is 0.353. The number of nitrogens with zero attached hydrogens (tertiary/aromatic N) is 4. The summed E-state index contributed by atoms with van der Waals surface area (Å²) >= 11 is 0. The van der Waals surface area contributed by atoms with Crippen LogP contribution in [0.25, 0.3) is 16.7 Å². The Bertz CT molecular complexity index is 1090. The first-order valence-electron chi connectivity index (χ1n) is 8.04. The van der Waals surface area contributed by atoms with Crippen molar-refractivity contribution in [1.29, 1.82) is 0 Å². The molecule has 1 N–H and O–H groups in total. The van der Waals surface area contributed by atoms with E-state index >= 15 is 0 Å². The molecule has 0 aliphatic carbocycles. The third-order valence-corrected chi connectivity index (χ3v) is 4.85. The molecule has 7 nitrogen and oxygen atoms in total. The molecule has 0 bridgehead atoms. The fourth-order valence-corrected chi connectivity index (χ4v) is 3.59. The molecular weight excluding hydrogens is 308 g/mol. The summed E-state index contributed by atoms with van der Waals surface area (Å²) in [7, 11) is 2.89. The summed E-state index contributed by atoms with van der Waals surface area (Å²) in [5.74, 6) is 0.673. The molecule has 0 unspecified atom stereocenters. The van der Waals surface area contributed by atoms with Gasteiger partial charge in [-0.05, 0) is 25.0 Å². The Labute approximate surface area is 137 Å². The number of aromatic hydroxyl groups is 1. The molecule has 0 saturated heterocycles. The molecular formula is C17H19N4O3+. The van der Waals surface area contributed by atoms with Gasteiger partial charge in [-0.15, -0.1) is 0 Å². The highest BCUT2D eigenvalue weighted by molar-refractivity contribution is 5.75. The maximum absolute atomic E-state index is 12.8. The lowest BCUT2D eigenvalue weighted by molar-refractivity contribution is -0.685.